The molecule has 0 saturated carbocycles. The maximum Gasteiger partial charge on any atom is 0.258 e. The molecule has 0 radical (unpaired) electrons. The molecule has 1 atom stereocenters. The summed E-state index contributed by atoms with van der Waals surface area (Å²) < 4.78 is 25.9. The molecule has 3 aromatic rings. The highest BCUT2D eigenvalue weighted by atomic mass is 19.1. The molecule has 2 heterocycles. The smallest absolute Gasteiger partial charge is 0.258 e. The van der Waals surface area contributed by atoms with Gasteiger partial charge in [-0.1, -0.05) is 0 Å². The van der Waals surface area contributed by atoms with Gasteiger partial charge in [0.05, 0.1) is 23.6 Å². The van der Waals surface area contributed by atoms with Crippen molar-refractivity contribution in [2.24, 2.45) is 0 Å². The molecule has 1 aliphatic rings. The van der Waals surface area contributed by atoms with Crippen LogP contribution in [0, 0.1) is 19.7 Å². The third kappa shape index (κ3) is 5.16. The minimum Gasteiger partial charge on any atom is -0.485 e. The Morgan fingerprint density at radius 2 is 1.97 bits per heavy atom. The number of carbonyl (C=O) groups is 2. The summed E-state index contributed by atoms with van der Waals surface area (Å²) in [6.45, 7) is 5.20. The lowest BCUT2D eigenvalue weighted by atomic mass is 10.0. The van der Waals surface area contributed by atoms with Crippen molar-refractivity contribution in [3.05, 3.63) is 70.9 Å². The summed E-state index contributed by atoms with van der Waals surface area (Å²) in [6.07, 6.45) is 1.76. The lowest BCUT2D eigenvalue weighted by molar-refractivity contribution is -0.123. The molecular formula is C25H24FN3O4. The molecule has 7 nitrogen and oxygen atoms in total. The number of carbonyl (C=O) groups excluding carboxylic acids is 2. The van der Waals surface area contributed by atoms with Crippen molar-refractivity contribution >= 4 is 11.7 Å². The van der Waals surface area contributed by atoms with Crippen LogP contribution in [0.15, 0.2) is 42.6 Å². The van der Waals surface area contributed by atoms with Gasteiger partial charge in [0.25, 0.3) is 5.91 Å². The summed E-state index contributed by atoms with van der Waals surface area (Å²) in [5.41, 5.74) is 4.07. The summed E-state index contributed by atoms with van der Waals surface area (Å²) in [5.74, 6) is -0.127. The van der Waals surface area contributed by atoms with Crippen LogP contribution in [0.3, 0.4) is 0 Å². The first kappa shape index (κ1) is 22.4. The van der Waals surface area contributed by atoms with E-state index in [9.17, 15) is 14.0 Å². The van der Waals surface area contributed by atoms with Gasteiger partial charge >= 0.3 is 0 Å². The number of rotatable bonds is 7. The first-order valence-electron chi connectivity index (χ1n) is 10.6. The molecule has 4 rings (SSSR count). The maximum absolute atomic E-state index is 14.7. The number of benzene rings is 2. The molecule has 0 saturated heterocycles. The van der Waals surface area contributed by atoms with E-state index in [2.05, 4.69) is 15.3 Å². The van der Waals surface area contributed by atoms with Gasteiger partial charge in [-0.2, -0.15) is 0 Å². The van der Waals surface area contributed by atoms with Crippen LogP contribution in [0.1, 0.15) is 34.2 Å². The van der Waals surface area contributed by atoms with Gasteiger partial charge in [-0.05, 0) is 57.2 Å². The van der Waals surface area contributed by atoms with Crippen molar-refractivity contribution in [1.29, 1.82) is 0 Å². The average molecular weight is 449 g/mol. The largest absolute Gasteiger partial charge is 0.485 e. The Hall–Kier alpha value is -3.81. The number of Topliss-reactive ketones (excluding diaryl/α,β-unsaturated/α-hetero) is 1. The number of nitrogens with one attached hydrogen (secondary N) is 1. The second kappa shape index (κ2) is 9.36. The molecule has 0 unspecified atom stereocenters. The van der Waals surface area contributed by atoms with Crippen LogP contribution in [0.2, 0.25) is 0 Å². The van der Waals surface area contributed by atoms with E-state index in [4.69, 9.17) is 9.47 Å². The van der Waals surface area contributed by atoms with Gasteiger partial charge in [0.15, 0.2) is 24.0 Å². The monoisotopic (exact) mass is 449 g/mol. The van der Waals surface area contributed by atoms with E-state index in [1.165, 1.54) is 13.0 Å². The van der Waals surface area contributed by atoms with E-state index in [1.807, 2.05) is 19.9 Å². The van der Waals surface area contributed by atoms with E-state index in [1.54, 1.807) is 30.5 Å². The number of amides is 1. The molecule has 1 aliphatic heterocycles. The molecule has 1 N–H and O–H groups in total. The average Bonchev–Trinajstić information content (AvgIpc) is 3.22. The van der Waals surface area contributed by atoms with E-state index < -0.39 is 5.82 Å². The number of hydrogen-bond acceptors (Lipinski definition) is 6. The quantitative estimate of drug-likeness (QED) is 0.555. The van der Waals surface area contributed by atoms with Gasteiger partial charge < -0.3 is 14.8 Å². The predicted molar refractivity (Wildman–Crippen MR) is 120 cm³/mol. The first-order valence-corrected chi connectivity index (χ1v) is 10.6. The highest BCUT2D eigenvalue weighted by molar-refractivity contribution is 5.94. The second-order valence-corrected chi connectivity index (χ2v) is 8.01. The van der Waals surface area contributed by atoms with Crippen LogP contribution in [-0.4, -0.2) is 40.9 Å². The highest BCUT2D eigenvalue weighted by Gasteiger charge is 2.27. The number of aryl methyl sites for hydroxylation is 2. The van der Waals surface area contributed by atoms with E-state index in [-0.39, 0.29) is 36.7 Å². The Labute approximate surface area is 191 Å². The van der Waals surface area contributed by atoms with E-state index >= 15 is 0 Å². The fourth-order valence-electron chi connectivity index (χ4n) is 3.66. The fraction of sp³-hybridized carbons (Fsp3) is 0.280. The van der Waals surface area contributed by atoms with Crippen molar-refractivity contribution in [2.75, 3.05) is 13.2 Å². The van der Waals surface area contributed by atoms with Gasteiger partial charge in [-0.25, -0.2) is 9.37 Å². The van der Waals surface area contributed by atoms with Crippen molar-refractivity contribution in [3.63, 3.8) is 0 Å². The number of halogens is 1. The fourth-order valence-corrected chi connectivity index (χ4v) is 3.66. The molecule has 0 spiro atoms. The number of nitrogens with zero attached hydrogens (tertiary/aromatic N) is 2. The molecule has 1 amide bonds. The SMILES string of the molecule is CC(=O)c1ccc(OCC(=O)NC[C@H]2Cc3cc(-c4nc(C)cnc4C)cc(F)c3O2)cc1. The summed E-state index contributed by atoms with van der Waals surface area (Å²) in [6, 6.07) is 9.84. The normalized spacial score (nSPS) is 14.4. The van der Waals surface area contributed by atoms with Gasteiger partial charge in [-0.3, -0.25) is 14.6 Å². The summed E-state index contributed by atoms with van der Waals surface area (Å²) in [4.78, 5) is 32.3. The number of aromatic nitrogens is 2. The second-order valence-electron chi connectivity index (χ2n) is 8.01. The summed E-state index contributed by atoms with van der Waals surface area (Å²) in [7, 11) is 0. The lowest BCUT2D eigenvalue weighted by Crippen LogP contribution is -2.37. The van der Waals surface area contributed by atoms with Crippen LogP contribution in [-0.2, 0) is 11.2 Å². The Balaban J connectivity index is 1.33. The van der Waals surface area contributed by atoms with Crippen LogP contribution in [0.4, 0.5) is 4.39 Å². The molecule has 0 bridgehead atoms. The topological polar surface area (TPSA) is 90.4 Å². The number of fused-ring (bicyclic) bond motifs is 1. The Bertz CT molecular complexity index is 1210. The Morgan fingerprint density at radius 1 is 1.21 bits per heavy atom. The van der Waals surface area contributed by atoms with E-state index in [0.29, 0.717) is 29.0 Å². The molecule has 1 aromatic heterocycles. The van der Waals surface area contributed by atoms with Crippen LogP contribution in [0.5, 0.6) is 11.5 Å². The number of hydrogen-bond donors (Lipinski definition) is 1. The van der Waals surface area contributed by atoms with Crippen LogP contribution >= 0.6 is 0 Å². The first-order chi connectivity index (χ1) is 15.8. The Kier molecular flexibility index (Phi) is 6.35. The highest BCUT2D eigenvalue weighted by Crippen LogP contribution is 2.35. The van der Waals surface area contributed by atoms with Crippen LogP contribution < -0.4 is 14.8 Å². The summed E-state index contributed by atoms with van der Waals surface area (Å²) in [5, 5.41) is 2.75. The number of ether oxygens (including phenoxy) is 2. The van der Waals surface area contributed by atoms with Gasteiger partial charge in [-0.15, -0.1) is 0 Å². The van der Waals surface area contributed by atoms with Gasteiger partial charge in [0.1, 0.15) is 11.9 Å². The minimum absolute atomic E-state index is 0.0395. The molecule has 0 aliphatic carbocycles. The predicted octanol–water partition coefficient (Wildman–Crippen LogP) is 3.60. The molecular weight excluding hydrogens is 425 g/mol. The Morgan fingerprint density at radius 3 is 2.70 bits per heavy atom. The van der Waals surface area contributed by atoms with Crippen molar-refractivity contribution in [1.82, 2.24) is 15.3 Å². The zero-order valence-corrected chi connectivity index (χ0v) is 18.6. The number of ketones is 1. The lowest BCUT2D eigenvalue weighted by Gasteiger charge is -2.12. The zero-order valence-electron chi connectivity index (χ0n) is 18.6. The maximum atomic E-state index is 14.7. The van der Waals surface area contributed by atoms with Crippen molar-refractivity contribution < 1.29 is 23.5 Å². The molecule has 0 fully saturated rings. The van der Waals surface area contributed by atoms with E-state index in [0.717, 1.165) is 17.0 Å². The summed E-state index contributed by atoms with van der Waals surface area (Å²) >= 11 is 0. The van der Waals surface area contributed by atoms with Gasteiger partial charge in [0, 0.05) is 29.3 Å². The van der Waals surface area contributed by atoms with Crippen molar-refractivity contribution in [2.45, 2.75) is 33.3 Å². The van der Waals surface area contributed by atoms with Crippen molar-refractivity contribution in [3.8, 4) is 22.8 Å². The third-order valence-corrected chi connectivity index (χ3v) is 5.36. The minimum atomic E-state index is -0.462. The molecule has 8 heteroatoms. The molecule has 33 heavy (non-hydrogen) atoms. The standard InChI is InChI=1S/C25H24FN3O4/c1-14-11-27-15(2)24(29-14)18-8-19-9-21(33-25(19)22(26)10-18)12-28-23(31)13-32-20-6-4-17(5-7-20)16(3)30/h4-8,10-11,21H,9,12-13H2,1-3H3,(H,28,31)/t21-/m1/s1. The zero-order chi connectivity index (χ0) is 23.5. The molecule has 170 valence electrons. The molecule has 2 aromatic carbocycles. The van der Waals surface area contributed by atoms with Crippen LogP contribution in [0.25, 0.3) is 11.3 Å². The third-order valence-electron chi connectivity index (χ3n) is 5.36. The van der Waals surface area contributed by atoms with Gasteiger partial charge in [0.2, 0.25) is 0 Å².